The number of hydrogen-bond donors (Lipinski definition) is 0. The molecule has 1 aliphatic rings. The molecule has 2 aromatic rings. The molecule has 1 heterocycles. The molecular formula is C25H34N2O2. The highest BCUT2D eigenvalue weighted by atomic mass is 16.5. The van der Waals surface area contributed by atoms with Crippen molar-refractivity contribution in [3.63, 3.8) is 0 Å². The van der Waals surface area contributed by atoms with Gasteiger partial charge in [0.1, 0.15) is 5.75 Å². The van der Waals surface area contributed by atoms with Gasteiger partial charge in [-0.3, -0.25) is 0 Å². The van der Waals surface area contributed by atoms with Gasteiger partial charge in [-0.25, -0.2) is 0 Å². The van der Waals surface area contributed by atoms with Gasteiger partial charge in [-0.15, -0.1) is 0 Å². The van der Waals surface area contributed by atoms with E-state index >= 15 is 0 Å². The van der Waals surface area contributed by atoms with Crippen molar-refractivity contribution in [2.75, 3.05) is 44.9 Å². The molecule has 0 spiro atoms. The van der Waals surface area contributed by atoms with E-state index in [1.807, 2.05) is 12.1 Å². The first-order valence-electron chi connectivity index (χ1n) is 10.7. The molecule has 0 aromatic heterocycles. The second-order valence-electron chi connectivity index (χ2n) is 7.49. The summed E-state index contributed by atoms with van der Waals surface area (Å²) in [5.41, 5.74) is 3.86. The van der Waals surface area contributed by atoms with Crippen molar-refractivity contribution in [1.82, 2.24) is 4.90 Å². The Balaban J connectivity index is 1.50. The molecule has 0 atom stereocenters. The van der Waals surface area contributed by atoms with Crippen LogP contribution in [0, 0.1) is 0 Å². The molecule has 0 bridgehead atoms. The predicted molar refractivity (Wildman–Crippen MR) is 120 cm³/mol. The Bertz CT molecular complexity index is 737. The third kappa shape index (κ3) is 6.53. The van der Waals surface area contributed by atoms with Gasteiger partial charge in [-0.2, -0.15) is 0 Å². The molecule has 4 heteroatoms. The van der Waals surface area contributed by atoms with E-state index in [1.165, 1.54) is 42.9 Å². The van der Waals surface area contributed by atoms with Gasteiger partial charge < -0.3 is 19.3 Å². The Morgan fingerprint density at radius 2 is 1.76 bits per heavy atom. The van der Waals surface area contributed by atoms with Crippen molar-refractivity contribution in [3.05, 3.63) is 71.9 Å². The number of para-hydroxylation sites is 1. The van der Waals surface area contributed by atoms with Crippen LogP contribution in [0.4, 0.5) is 5.69 Å². The number of rotatable bonds is 11. The number of hydrogen-bond acceptors (Lipinski definition) is 4. The van der Waals surface area contributed by atoms with E-state index in [2.05, 4.69) is 65.3 Å². The number of ether oxygens (including phenoxy) is 2. The van der Waals surface area contributed by atoms with Crippen molar-refractivity contribution in [1.29, 1.82) is 0 Å². The first-order chi connectivity index (χ1) is 14.3. The van der Waals surface area contributed by atoms with Crippen molar-refractivity contribution >= 4 is 5.69 Å². The summed E-state index contributed by atoms with van der Waals surface area (Å²) in [4.78, 5) is 4.88. The zero-order chi connectivity index (χ0) is 20.3. The highest BCUT2D eigenvalue weighted by Gasteiger charge is 2.14. The monoisotopic (exact) mass is 394 g/mol. The van der Waals surface area contributed by atoms with Gasteiger partial charge in [0, 0.05) is 44.2 Å². The zero-order valence-electron chi connectivity index (χ0n) is 17.8. The number of anilines is 1. The lowest BCUT2D eigenvalue weighted by Crippen LogP contribution is -2.25. The molecule has 4 nitrogen and oxygen atoms in total. The highest BCUT2D eigenvalue weighted by Crippen LogP contribution is 2.19. The maximum Gasteiger partial charge on any atom is 0.118 e. The standard InChI is InChI=1S/C25H34N2O2/c1-3-23(26-16-7-8-17-26)21-29-19-9-18-27(24-10-5-4-6-11-24)20-22-12-14-25(28-2)15-13-22/h3-6,10-15H,7-9,16-21H2,1-2H3. The highest BCUT2D eigenvalue weighted by molar-refractivity contribution is 5.46. The van der Waals surface area contributed by atoms with Gasteiger partial charge in [0.25, 0.3) is 0 Å². The molecule has 0 radical (unpaired) electrons. The SMILES string of the molecule is CC=C(COCCCN(Cc1ccc(OC)cc1)c1ccccc1)N1CCCC1. The fraction of sp³-hybridized carbons (Fsp3) is 0.440. The maximum atomic E-state index is 6.01. The molecule has 156 valence electrons. The number of benzene rings is 2. The Labute approximate surface area is 175 Å². The minimum absolute atomic E-state index is 0.723. The van der Waals surface area contributed by atoms with Crippen LogP contribution < -0.4 is 9.64 Å². The first-order valence-corrected chi connectivity index (χ1v) is 10.7. The first kappa shape index (κ1) is 21.3. The maximum absolute atomic E-state index is 6.01. The summed E-state index contributed by atoms with van der Waals surface area (Å²) in [6, 6.07) is 18.9. The summed E-state index contributed by atoms with van der Waals surface area (Å²) >= 11 is 0. The van der Waals surface area contributed by atoms with E-state index in [4.69, 9.17) is 9.47 Å². The molecule has 1 aliphatic heterocycles. The molecule has 0 amide bonds. The molecule has 0 aliphatic carbocycles. The van der Waals surface area contributed by atoms with Gasteiger partial charge in [-0.1, -0.05) is 36.4 Å². The topological polar surface area (TPSA) is 24.9 Å². The summed E-state index contributed by atoms with van der Waals surface area (Å²) < 4.78 is 11.3. The molecule has 1 saturated heterocycles. The second kappa shape index (κ2) is 11.5. The quantitative estimate of drug-likeness (QED) is 0.495. The summed E-state index contributed by atoms with van der Waals surface area (Å²) in [7, 11) is 1.70. The van der Waals surface area contributed by atoms with Crippen LogP contribution in [0.25, 0.3) is 0 Å². The zero-order valence-corrected chi connectivity index (χ0v) is 17.8. The van der Waals surface area contributed by atoms with Crippen LogP contribution in [-0.4, -0.2) is 44.9 Å². The molecular weight excluding hydrogens is 360 g/mol. The molecule has 1 fully saturated rings. The minimum atomic E-state index is 0.723. The van der Waals surface area contributed by atoms with E-state index < -0.39 is 0 Å². The number of likely N-dealkylation sites (tertiary alicyclic amines) is 1. The summed E-state index contributed by atoms with van der Waals surface area (Å²) in [6.07, 6.45) is 5.80. The van der Waals surface area contributed by atoms with Crippen LogP contribution in [0.2, 0.25) is 0 Å². The fourth-order valence-corrected chi connectivity index (χ4v) is 3.79. The van der Waals surface area contributed by atoms with Gasteiger partial charge in [-0.05, 0) is 56.0 Å². The van der Waals surface area contributed by atoms with E-state index in [-0.39, 0.29) is 0 Å². The van der Waals surface area contributed by atoms with Crippen molar-refractivity contribution in [3.8, 4) is 5.75 Å². The van der Waals surface area contributed by atoms with Crippen LogP contribution in [0.5, 0.6) is 5.75 Å². The number of allylic oxidation sites excluding steroid dienone is 1. The van der Waals surface area contributed by atoms with Crippen LogP contribution in [0.1, 0.15) is 31.7 Å². The average Bonchev–Trinajstić information content (AvgIpc) is 3.31. The largest absolute Gasteiger partial charge is 0.497 e. The summed E-state index contributed by atoms with van der Waals surface area (Å²) in [6.45, 7) is 7.80. The fourth-order valence-electron chi connectivity index (χ4n) is 3.79. The molecule has 0 saturated carbocycles. The van der Waals surface area contributed by atoms with Gasteiger partial charge in [0.05, 0.1) is 13.7 Å². The van der Waals surface area contributed by atoms with Crippen molar-refractivity contribution in [2.45, 2.75) is 32.7 Å². The van der Waals surface area contributed by atoms with E-state index in [0.29, 0.717) is 0 Å². The Morgan fingerprint density at radius 1 is 1.03 bits per heavy atom. The lowest BCUT2D eigenvalue weighted by Gasteiger charge is -2.25. The normalized spacial score (nSPS) is 14.3. The smallest absolute Gasteiger partial charge is 0.118 e. The Hall–Kier alpha value is -2.46. The number of methoxy groups -OCH3 is 1. The van der Waals surface area contributed by atoms with Crippen molar-refractivity contribution < 1.29 is 9.47 Å². The predicted octanol–water partition coefficient (Wildman–Crippen LogP) is 5.11. The van der Waals surface area contributed by atoms with E-state index in [0.717, 1.165) is 38.5 Å². The molecule has 2 aromatic carbocycles. The average molecular weight is 395 g/mol. The molecule has 3 rings (SSSR count). The third-order valence-electron chi connectivity index (χ3n) is 5.47. The Kier molecular flexibility index (Phi) is 8.44. The van der Waals surface area contributed by atoms with Crippen LogP contribution in [-0.2, 0) is 11.3 Å². The van der Waals surface area contributed by atoms with Crippen LogP contribution >= 0.6 is 0 Å². The molecule has 0 unspecified atom stereocenters. The van der Waals surface area contributed by atoms with Crippen LogP contribution in [0.15, 0.2) is 66.4 Å². The van der Waals surface area contributed by atoms with E-state index in [1.54, 1.807) is 7.11 Å². The lowest BCUT2D eigenvalue weighted by atomic mass is 10.1. The van der Waals surface area contributed by atoms with Gasteiger partial charge in [0.15, 0.2) is 0 Å². The summed E-state index contributed by atoms with van der Waals surface area (Å²) in [5.74, 6) is 0.895. The molecule has 29 heavy (non-hydrogen) atoms. The Morgan fingerprint density at radius 3 is 2.41 bits per heavy atom. The second-order valence-corrected chi connectivity index (χ2v) is 7.49. The van der Waals surface area contributed by atoms with Gasteiger partial charge in [0.2, 0.25) is 0 Å². The minimum Gasteiger partial charge on any atom is -0.497 e. The third-order valence-corrected chi connectivity index (χ3v) is 5.47. The lowest BCUT2D eigenvalue weighted by molar-refractivity contribution is 0.136. The summed E-state index contributed by atoms with van der Waals surface area (Å²) in [5, 5.41) is 0. The van der Waals surface area contributed by atoms with Gasteiger partial charge >= 0.3 is 0 Å². The molecule has 0 N–H and O–H groups in total. The van der Waals surface area contributed by atoms with Crippen LogP contribution in [0.3, 0.4) is 0 Å². The van der Waals surface area contributed by atoms with Crippen molar-refractivity contribution in [2.24, 2.45) is 0 Å². The van der Waals surface area contributed by atoms with E-state index in [9.17, 15) is 0 Å². The number of nitrogens with zero attached hydrogens (tertiary/aromatic N) is 2.